The summed E-state index contributed by atoms with van der Waals surface area (Å²) in [5, 5.41) is 8.99. The van der Waals surface area contributed by atoms with E-state index in [4.69, 9.17) is 19.8 Å². The number of hydrogen-bond donors (Lipinski definition) is 2. The van der Waals surface area contributed by atoms with Crippen LogP contribution in [0.25, 0.3) is 22.4 Å². The fourth-order valence-electron chi connectivity index (χ4n) is 5.25. The van der Waals surface area contributed by atoms with E-state index in [9.17, 15) is 4.79 Å². The number of ether oxygens (including phenoxy) is 1. The zero-order valence-electron chi connectivity index (χ0n) is 19.2. The SMILES string of the molecule is Cc1cc(N2CCC(OC3CCC(CC(=O)O)CC3)CC2)ncc1-c1nc2ccccc2[nH]1. The van der Waals surface area contributed by atoms with Crippen molar-refractivity contribution in [3.8, 4) is 11.4 Å². The number of fused-ring (bicyclic) bond motifs is 1. The first-order valence-electron chi connectivity index (χ1n) is 12.1. The van der Waals surface area contributed by atoms with Gasteiger partial charge >= 0.3 is 5.97 Å². The van der Waals surface area contributed by atoms with Crippen molar-refractivity contribution in [1.29, 1.82) is 0 Å². The number of pyridine rings is 1. The Morgan fingerprint density at radius 2 is 1.85 bits per heavy atom. The van der Waals surface area contributed by atoms with Gasteiger partial charge < -0.3 is 19.7 Å². The third-order valence-corrected chi connectivity index (χ3v) is 7.15. The van der Waals surface area contributed by atoms with Crippen LogP contribution in [0.1, 0.15) is 50.5 Å². The smallest absolute Gasteiger partial charge is 0.303 e. The van der Waals surface area contributed by atoms with E-state index in [1.54, 1.807) is 0 Å². The van der Waals surface area contributed by atoms with Gasteiger partial charge in [-0.1, -0.05) is 12.1 Å². The van der Waals surface area contributed by atoms with E-state index in [2.05, 4.69) is 22.9 Å². The van der Waals surface area contributed by atoms with Gasteiger partial charge in [0, 0.05) is 31.3 Å². The zero-order chi connectivity index (χ0) is 22.8. The molecule has 1 aliphatic carbocycles. The van der Waals surface area contributed by atoms with Gasteiger partial charge in [-0.05, 0) is 75.1 Å². The lowest BCUT2D eigenvalue weighted by molar-refractivity contribution is -0.138. The summed E-state index contributed by atoms with van der Waals surface area (Å²) in [6.45, 7) is 4.00. The number of carbonyl (C=O) groups is 1. The highest BCUT2D eigenvalue weighted by Gasteiger charge is 2.28. The molecule has 7 heteroatoms. The van der Waals surface area contributed by atoms with Gasteiger partial charge in [0.05, 0.1) is 23.2 Å². The molecule has 1 aromatic carbocycles. The van der Waals surface area contributed by atoms with Gasteiger partial charge in [0.2, 0.25) is 0 Å². The average Bonchev–Trinajstić information content (AvgIpc) is 3.24. The van der Waals surface area contributed by atoms with E-state index in [1.807, 2.05) is 30.5 Å². The normalized spacial score (nSPS) is 22.0. The molecule has 2 aromatic heterocycles. The quantitative estimate of drug-likeness (QED) is 0.554. The highest BCUT2D eigenvalue weighted by Crippen LogP contribution is 2.31. The fourth-order valence-corrected chi connectivity index (χ4v) is 5.25. The van der Waals surface area contributed by atoms with Crippen LogP contribution in [-0.2, 0) is 9.53 Å². The molecule has 1 aliphatic heterocycles. The first-order chi connectivity index (χ1) is 16.0. The van der Waals surface area contributed by atoms with Crippen molar-refractivity contribution < 1.29 is 14.6 Å². The van der Waals surface area contributed by atoms with Crippen molar-refractivity contribution in [1.82, 2.24) is 15.0 Å². The van der Waals surface area contributed by atoms with Crippen LogP contribution < -0.4 is 4.90 Å². The van der Waals surface area contributed by atoms with Gasteiger partial charge in [-0.15, -0.1) is 0 Å². The van der Waals surface area contributed by atoms with Gasteiger partial charge in [0.25, 0.3) is 0 Å². The zero-order valence-corrected chi connectivity index (χ0v) is 19.2. The molecule has 174 valence electrons. The van der Waals surface area contributed by atoms with Crippen LogP contribution in [0, 0.1) is 12.8 Å². The second-order valence-corrected chi connectivity index (χ2v) is 9.52. The lowest BCUT2D eigenvalue weighted by Gasteiger charge is -2.36. The van der Waals surface area contributed by atoms with Crippen LogP contribution in [0.2, 0.25) is 0 Å². The van der Waals surface area contributed by atoms with Crippen LogP contribution in [0.5, 0.6) is 0 Å². The van der Waals surface area contributed by atoms with Crippen molar-refractivity contribution >= 4 is 22.8 Å². The minimum atomic E-state index is -0.679. The minimum Gasteiger partial charge on any atom is -0.481 e. The number of benzene rings is 1. The Balaban J connectivity index is 1.15. The third-order valence-electron chi connectivity index (χ3n) is 7.15. The Labute approximate surface area is 194 Å². The van der Waals surface area contributed by atoms with E-state index in [0.717, 1.165) is 85.4 Å². The molecule has 33 heavy (non-hydrogen) atoms. The summed E-state index contributed by atoms with van der Waals surface area (Å²) in [5.74, 6) is 1.51. The number of carboxylic acid groups (broad SMARTS) is 1. The fraction of sp³-hybridized carbons (Fsp3) is 0.500. The van der Waals surface area contributed by atoms with Crippen molar-refractivity contribution in [3.63, 3.8) is 0 Å². The van der Waals surface area contributed by atoms with Gasteiger partial charge in [0.15, 0.2) is 0 Å². The van der Waals surface area contributed by atoms with Crippen LogP contribution >= 0.6 is 0 Å². The Morgan fingerprint density at radius 1 is 1.12 bits per heavy atom. The van der Waals surface area contributed by atoms with Gasteiger partial charge in [0.1, 0.15) is 11.6 Å². The molecule has 0 amide bonds. The summed E-state index contributed by atoms with van der Waals surface area (Å²) in [6, 6.07) is 10.2. The van der Waals surface area contributed by atoms with E-state index in [-0.39, 0.29) is 12.2 Å². The lowest BCUT2D eigenvalue weighted by Crippen LogP contribution is -2.39. The molecule has 0 unspecified atom stereocenters. The number of aliphatic carboxylic acids is 1. The molecule has 1 saturated carbocycles. The number of nitrogens with one attached hydrogen (secondary N) is 1. The largest absolute Gasteiger partial charge is 0.481 e. The van der Waals surface area contributed by atoms with Crippen molar-refractivity contribution in [2.45, 2.75) is 64.1 Å². The van der Waals surface area contributed by atoms with E-state index >= 15 is 0 Å². The Bertz CT molecular complexity index is 1080. The number of nitrogens with zero attached hydrogens (tertiary/aromatic N) is 3. The summed E-state index contributed by atoms with van der Waals surface area (Å²) in [4.78, 5) is 26.1. The maximum Gasteiger partial charge on any atom is 0.303 e. The first-order valence-corrected chi connectivity index (χ1v) is 12.1. The van der Waals surface area contributed by atoms with Crippen molar-refractivity contribution in [2.75, 3.05) is 18.0 Å². The van der Waals surface area contributed by atoms with Crippen LogP contribution in [0.4, 0.5) is 5.82 Å². The molecule has 1 saturated heterocycles. The van der Waals surface area contributed by atoms with E-state index in [1.165, 1.54) is 0 Å². The van der Waals surface area contributed by atoms with Gasteiger partial charge in [-0.2, -0.15) is 0 Å². The Morgan fingerprint density at radius 3 is 2.55 bits per heavy atom. The molecular formula is C26H32N4O3. The van der Waals surface area contributed by atoms with Crippen LogP contribution in [-0.4, -0.2) is 51.3 Å². The molecule has 0 spiro atoms. The topological polar surface area (TPSA) is 91.3 Å². The second-order valence-electron chi connectivity index (χ2n) is 9.52. The predicted octanol–water partition coefficient (Wildman–Crippen LogP) is 4.95. The number of hydrogen-bond acceptors (Lipinski definition) is 5. The number of anilines is 1. The number of para-hydroxylation sites is 2. The number of aromatic nitrogens is 3. The number of aromatic amines is 1. The number of aryl methyl sites for hydroxylation is 1. The first kappa shape index (κ1) is 21.9. The highest BCUT2D eigenvalue weighted by atomic mass is 16.5. The number of rotatable bonds is 6. The molecule has 0 atom stereocenters. The summed E-state index contributed by atoms with van der Waals surface area (Å²) >= 11 is 0. The minimum absolute atomic E-state index is 0.287. The van der Waals surface area contributed by atoms with Gasteiger partial charge in [-0.3, -0.25) is 4.79 Å². The monoisotopic (exact) mass is 448 g/mol. The summed E-state index contributed by atoms with van der Waals surface area (Å²) in [7, 11) is 0. The molecule has 7 nitrogen and oxygen atoms in total. The lowest BCUT2D eigenvalue weighted by atomic mass is 9.85. The molecule has 2 N–H and O–H groups in total. The maximum absolute atomic E-state index is 10.9. The third kappa shape index (κ3) is 5.03. The van der Waals surface area contributed by atoms with Crippen molar-refractivity contribution in [3.05, 3.63) is 42.1 Å². The maximum atomic E-state index is 10.9. The highest BCUT2D eigenvalue weighted by molar-refractivity contribution is 5.79. The van der Waals surface area contributed by atoms with Crippen LogP contribution in [0.15, 0.2) is 36.5 Å². The Hall–Kier alpha value is -2.93. The number of piperidine rings is 1. The molecule has 3 aromatic rings. The average molecular weight is 449 g/mol. The molecule has 2 aliphatic rings. The Kier molecular flexibility index (Phi) is 6.31. The van der Waals surface area contributed by atoms with Crippen LogP contribution in [0.3, 0.4) is 0 Å². The molecule has 2 fully saturated rings. The summed E-state index contributed by atoms with van der Waals surface area (Å²) < 4.78 is 6.39. The van der Waals surface area contributed by atoms with E-state index in [0.29, 0.717) is 12.3 Å². The number of imidazole rings is 1. The van der Waals surface area contributed by atoms with E-state index < -0.39 is 5.97 Å². The predicted molar refractivity (Wildman–Crippen MR) is 128 cm³/mol. The standard InChI is InChI=1S/C26H32N4O3/c1-17-14-24(27-16-21(17)26-28-22-4-2-3-5-23(22)29-26)30-12-10-20(11-13-30)33-19-8-6-18(7-9-19)15-25(31)32/h2-5,14,16,18-20H,6-13,15H2,1H3,(H,28,29)(H,31,32). The molecule has 3 heterocycles. The number of H-pyrrole nitrogens is 1. The number of carboxylic acids is 1. The van der Waals surface area contributed by atoms with Gasteiger partial charge in [-0.25, -0.2) is 9.97 Å². The van der Waals surface area contributed by atoms with Crippen molar-refractivity contribution in [2.24, 2.45) is 5.92 Å². The molecule has 0 bridgehead atoms. The second kappa shape index (κ2) is 9.51. The molecule has 0 radical (unpaired) electrons. The molecular weight excluding hydrogens is 416 g/mol. The summed E-state index contributed by atoms with van der Waals surface area (Å²) in [5.41, 5.74) is 4.20. The summed E-state index contributed by atoms with van der Waals surface area (Å²) in [6.07, 6.45) is 8.72. The molecule has 5 rings (SSSR count).